The van der Waals surface area contributed by atoms with E-state index in [-0.39, 0.29) is 12.9 Å². The summed E-state index contributed by atoms with van der Waals surface area (Å²) >= 11 is 0. The molecule has 24 heavy (non-hydrogen) atoms. The lowest BCUT2D eigenvalue weighted by atomic mass is 10.3. The summed E-state index contributed by atoms with van der Waals surface area (Å²) in [6.45, 7) is 5.66. The van der Waals surface area contributed by atoms with Crippen LogP contribution in [0.4, 0.5) is 0 Å². The van der Waals surface area contributed by atoms with E-state index in [0.717, 1.165) is 31.2 Å². The average Bonchev–Trinajstić information content (AvgIpc) is 3.20. The number of nitrogens with zero attached hydrogens (tertiary/aromatic N) is 4. The van der Waals surface area contributed by atoms with Crippen LogP contribution in [0.2, 0.25) is 0 Å². The number of rotatable bonds is 6. The Balaban J connectivity index is 0.000000772. The normalized spacial score (nSPS) is 10.8. The molecule has 2 heterocycles. The summed E-state index contributed by atoms with van der Waals surface area (Å²) < 4.78 is 2.23. The highest BCUT2D eigenvalue weighted by Gasteiger charge is 2.12. The molecule has 1 atom stereocenters. The van der Waals surface area contributed by atoms with Crippen molar-refractivity contribution in [1.29, 1.82) is 0 Å². The molecule has 9 nitrogen and oxygen atoms in total. The predicted molar refractivity (Wildman–Crippen MR) is 88.5 cm³/mol. The molecule has 0 bridgehead atoms. The molecule has 1 unspecified atom stereocenters. The highest BCUT2D eigenvalue weighted by molar-refractivity contribution is 5.33. The Morgan fingerprint density at radius 2 is 1.92 bits per heavy atom. The zero-order chi connectivity index (χ0) is 18.4. The van der Waals surface area contributed by atoms with E-state index in [4.69, 9.17) is 19.8 Å². The molecular formula is C15H25N5O4. The molecule has 2 aromatic rings. The number of carboxylic acid groups (broad SMARTS) is 2. The van der Waals surface area contributed by atoms with E-state index in [1.807, 2.05) is 12.4 Å². The summed E-state index contributed by atoms with van der Waals surface area (Å²) in [5.74, 6) is 2.15. The summed E-state index contributed by atoms with van der Waals surface area (Å²) in [4.78, 5) is 30.7. The summed E-state index contributed by atoms with van der Waals surface area (Å²) in [6.07, 6.45) is 8.55. The molecule has 0 aliphatic heterocycles. The molecule has 134 valence electrons. The average molecular weight is 339 g/mol. The fraction of sp³-hybridized carbons (Fsp3) is 0.467. The highest BCUT2D eigenvalue weighted by atomic mass is 16.3. The van der Waals surface area contributed by atoms with Gasteiger partial charge < -0.3 is 19.8 Å². The first kappa shape index (κ1) is 21.3. The second kappa shape index (κ2) is 12.8. The van der Waals surface area contributed by atoms with Crippen LogP contribution in [-0.2, 0) is 29.1 Å². The van der Waals surface area contributed by atoms with Crippen LogP contribution in [0, 0.1) is 0 Å². The van der Waals surface area contributed by atoms with Gasteiger partial charge in [0.25, 0.3) is 12.9 Å². The summed E-state index contributed by atoms with van der Waals surface area (Å²) in [5, 5.41) is 13.8. The van der Waals surface area contributed by atoms with Gasteiger partial charge in [-0.3, -0.25) is 14.5 Å². The van der Waals surface area contributed by atoms with Gasteiger partial charge in [0.15, 0.2) is 0 Å². The van der Waals surface area contributed by atoms with E-state index in [1.165, 1.54) is 0 Å². The van der Waals surface area contributed by atoms with E-state index in [1.54, 1.807) is 6.20 Å². The third-order valence-electron chi connectivity index (χ3n) is 3.29. The topological polar surface area (TPSA) is 124 Å². The van der Waals surface area contributed by atoms with Crippen molar-refractivity contribution < 1.29 is 19.8 Å². The summed E-state index contributed by atoms with van der Waals surface area (Å²) in [5.41, 5.74) is 0. The first-order valence-corrected chi connectivity index (χ1v) is 7.38. The lowest BCUT2D eigenvalue weighted by Gasteiger charge is -2.24. The van der Waals surface area contributed by atoms with Gasteiger partial charge in [0.2, 0.25) is 0 Å². The third-order valence-corrected chi connectivity index (χ3v) is 3.29. The molecule has 2 aromatic heterocycles. The van der Waals surface area contributed by atoms with Crippen LogP contribution in [0.3, 0.4) is 0 Å². The molecule has 2 rings (SSSR count). The number of imidazole rings is 2. The minimum atomic E-state index is -0.250. The maximum absolute atomic E-state index is 8.36. The van der Waals surface area contributed by atoms with Crippen molar-refractivity contribution in [1.82, 2.24) is 24.4 Å². The summed E-state index contributed by atoms with van der Waals surface area (Å²) in [7, 11) is 2.12. The molecule has 0 aromatic carbocycles. The Morgan fingerprint density at radius 1 is 1.29 bits per heavy atom. The van der Waals surface area contributed by atoms with E-state index in [9.17, 15) is 0 Å². The lowest BCUT2D eigenvalue weighted by Crippen LogP contribution is -2.33. The second-order valence-corrected chi connectivity index (χ2v) is 4.86. The van der Waals surface area contributed by atoms with Gasteiger partial charge in [-0.05, 0) is 14.0 Å². The number of H-pyrrole nitrogens is 1. The SMILES string of the molecule is CCc1nccn1CC(C)N(C)Cc1ncc[nH]1.O=CO.O=CO. The van der Waals surface area contributed by atoms with Gasteiger partial charge in [-0.1, -0.05) is 6.92 Å². The van der Waals surface area contributed by atoms with E-state index in [0.29, 0.717) is 6.04 Å². The summed E-state index contributed by atoms with van der Waals surface area (Å²) in [6, 6.07) is 0.439. The molecule has 0 radical (unpaired) electrons. The maximum atomic E-state index is 8.36. The molecule has 0 aliphatic carbocycles. The lowest BCUT2D eigenvalue weighted by molar-refractivity contribution is -0.123. The first-order valence-electron chi connectivity index (χ1n) is 7.38. The van der Waals surface area contributed by atoms with Crippen molar-refractivity contribution in [2.45, 2.75) is 39.4 Å². The number of hydrogen-bond acceptors (Lipinski definition) is 5. The Hall–Kier alpha value is -2.68. The van der Waals surface area contributed by atoms with Crippen molar-refractivity contribution in [3.8, 4) is 0 Å². The molecule has 0 amide bonds. The quantitative estimate of drug-likeness (QED) is 0.673. The maximum Gasteiger partial charge on any atom is 0.290 e. The van der Waals surface area contributed by atoms with Gasteiger partial charge >= 0.3 is 0 Å². The van der Waals surface area contributed by atoms with E-state index in [2.05, 4.69) is 51.5 Å². The van der Waals surface area contributed by atoms with Crippen molar-refractivity contribution in [2.75, 3.05) is 7.05 Å². The molecule has 0 saturated heterocycles. The Morgan fingerprint density at radius 3 is 2.42 bits per heavy atom. The monoisotopic (exact) mass is 339 g/mol. The van der Waals surface area contributed by atoms with Crippen LogP contribution < -0.4 is 0 Å². The predicted octanol–water partition coefficient (Wildman–Crippen LogP) is 1.09. The van der Waals surface area contributed by atoms with Gasteiger partial charge in [-0.25, -0.2) is 9.97 Å². The number of nitrogens with one attached hydrogen (secondary N) is 1. The standard InChI is InChI=1S/C13H21N5.2CH2O2/c1-4-13-16-7-8-18(13)9-11(2)17(3)10-12-14-5-6-15-12;2*2-1-3/h5-8,11H,4,9-10H2,1-3H3,(H,14,15);2*1H,(H,2,3). The first-order chi connectivity index (χ1) is 11.5. The zero-order valence-electron chi connectivity index (χ0n) is 14.2. The molecule has 0 spiro atoms. The molecule has 0 aliphatic rings. The van der Waals surface area contributed by atoms with Crippen molar-refractivity contribution in [3.05, 3.63) is 36.4 Å². The van der Waals surface area contributed by atoms with Crippen LogP contribution >= 0.6 is 0 Å². The second-order valence-electron chi connectivity index (χ2n) is 4.86. The van der Waals surface area contributed by atoms with Gasteiger partial charge in [0, 0.05) is 43.8 Å². The van der Waals surface area contributed by atoms with Crippen LogP contribution in [0.15, 0.2) is 24.8 Å². The number of hydrogen-bond donors (Lipinski definition) is 3. The smallest absolute Gasteiger partial charge is 0.290 e. The highest BCUT2D eigenvalue weighted by Crippen LogP contribution is 2.07. The largest absolute Gasteiger partial charge is 0.483 e. The Bertz CT molecular complexity index is 550. The molecule has 0 fully saturated rings. The number of likely N-dealkylation sites (N-methyl/N-ethyl adjacent to an activating group) is 1. The fourth-order valence-corrected chi connectivity index (χ4v) is 2.02. The van der Waals surface area contributed by atoms with Gasteiger partial charge in [-0.2, -0.15) is 0 Å². The molecule has 0 saturated carbocycles. The Kier molecular flexibility index (Phi) is 11.4. The van der Waals surface area contributed by atoms with Gasteiger partial charge in [-0.15, -0.1) is 0 Å². The number of carbonyl (C=O) groups is 2. The molecule has 3 N–H and O–H groups in total. The number of aryl methyl sites for hydroxylation is 1. The van der Waals surface area contributed by atoms with Crippen molar-refractivity contribution >= 4 is 12.9 Å². The van der Waals surface area contributed by atoms with E-state index >= 15 is 0 Å². The van der Waals surface area contributed by atoms with Crippen LogP contribution in [0.25, 0.3) is 0 Å². The molecule has 9 heteroatoms. The van der Waals surface area contributed by atoms with Crippen LogP contribution in [0.1, 0.15) is 25.5 Å². The fourth-order valence-electron chi connectivity index (χ4n) is 2.02. The van der Waals surface area contributed by atoms with Gasteiger partial charge in [0.05, 0.1) is 6.54 Å². The van der Waals surface area contributed by atoms with E-state index < -0.39 is 0 Å². The zero-order valence-corrected chi connectivity index (χ0v) is 14.2. The number of aromatic amines is 1. The van der Waals surface area contributed by atoms with Crippen molar-refractivity contribution in [2.24, 2.45) is 0 Å². The van der Waals surface area contributed by atoms with Crippen LogP contribution in [-0.4, -0.2) is 60.7 Å². The Labute approximate surface area is 141 Å². The minimum Gasteiger partial charge on any atom is -0.483 e. The number of aromatic nitrogens is 4. The third kappa shape index (κ3) is 8.08. The van der Waals surface area contributed by atoms with Gasteiger partial charge in [0.1, 0.15) is 11.6 Å². The molecular weight excluding hydrogens is 314 g/mol. The van der Waals surface area contributed by atoms with Crippen LogP contribution in [0.5, 0.6) is 0 Å². The minimum absolute atomic E-state index is 0.250. The van der Waals surface area contributed by atoms with Crippen molar-refractivity contribution in [3.63, 3.8) is 0 Å².